The Kier molecular flexibility index (Phi) is 4.75. The maximum atomic E-state index is 12.1. The summed E-state index contributed by atoms with van der Waals surface area (Å²) < 4.78 is 0. The molecule has 1 heterocycles. The molecule has 0 saturated carbocycles. The molecule has 0 spiro atoms. The topological polar surface area (TPSA) is 72.8 Å². The molecular weight excluding hydrogens is 256 g/mol. The van der Waals surface area contributed by atoms with Gasteiger partial charge in [-0.05, 0) is 31.0 Å². The summed E-state index contributed by atoms with van der Waals surface area (Å²) in [4.78, 5) is 14.2. The van der Waals surface area contributed by atoms with Crippen molar-refractivity contribution in [3.63, 3.8) is 0 Å². The monoisotopic (exact) mass is 278 g/mol. The van der Waals surface area contributed by atoms with E-state index in [-0.39, 0.29) is 12.5 Å². The van der Waals surface area contributed by atoms with Crippen LogP contribution in [0.3, 0.4) is 0 Å². The first-order chi connectivity index (χ1) is 9.53. The number of carbonyl (C=O) groups is 1. The molecule has 20 heavy (non-hydrogen) atoms. The average molecular weight is 278 g/mol. The Morgan fingerprint density at radius 2 is 2.00 bits per heavy atom. The fourth-order valence-corrected chi connectivity index (χ4v) is 2.40. The third-order valence-electron chi connectivity index (χ3n) is 3.86. The van der Waals surface area contributed by atoms with E-state index in [0.717, 1.165) is 24.2 Å². The summed E-state index contributed by atoms with van der Waals surface area (Å²) in [6.07, 6.45) is 0.929. The maximum Gasteiger partial charge on any atom is 0.252 e. The van der Waals surface area contributed by atoms with E-state index in [1.54, 1.807) is 0 Å². The molecule has 2 rings (SSSR count). The van der Waals surface area contributed by atoms with Gasteiger partial charge >= 0.3 is 0 Å². The zero-order valence-corrected chi connectivity index (χ0v) is 11.8. The summed E-state index contributed by atoms with van der Waals surface area (Å²) in [7, 11) is 1.98. The van der Waals surface area contributed by atoms with Crippen LogP contribution in [0.5, 0.6) is 0 Å². The number of amides is 1. The number of hydrogen-bond donors (Lipinski definition) is 3. The van der Waals surface area contributed by atoms with Gasteiger partial charge < -0.3 is 20.4 Å². The van der Waals surface area contributed by atoms with Gasteiger partial charge in [0, 0.05) is 19.6 Å². The lowest BCUT2D eigenvalue weighted by Gasteiger charge is -2.35. The van der Waals surface area contributed by atoms with E-state index < -0.39 is 5.60 Å². The molecule has 0 aliphatic carbocycles. The van der Waals surface area contributed by atoms with Crippen molar-refractivity contribution in [3.05, 3.63) is 35.4 Å². The van der Waals surface area contributed by atoms with Gasteiger partial charge in [0.25, 0.3) is 5.91 Å². The Morgan fingerprint density at radius 3 is 2.65 bits per heavy atom. The van der Waals surface area contributed by atoms with Crippen LogP contribution >= 0.6 is 0 Å². The Balaban J connectivity index is 1.91. The SMILES string of the molecule is CN1CCC(O)(C(=O)NCc2cccc(CO)c2)CC1. The molecule has 3 N–H and O–H groups in total. The number of nitrogens with zero attached hydrogens (tertiary/aromatic N) is 1. The standard InChI is InChI=1S/C15H22N2O3/c1-17-7-5-15(20,6-8-17)14(19)16-10-12-3-2-4-13(9-12)11-18/h2-4,9,18,20H,5-8,10-11H2,1H3,(H,16,19). The van der Waals surface area contributed by atoms with Gasteiger partial charge in [-0.15, -0.1) is 0 Å². The van der Waals surface area contributed by atoms with Crippen LogP contribution in [0.15, 0.2) is 24.3 Å². The van der Waals surface area contributed by atoms with Gasteiger partial charge in [-0.3, -0.25) is 4.79 Å². The molecule has 1 aromatic carbocycles. The molecular formula is C15H22N2O3. The van der Waals surface area contributed by atoms with Gasteiger partial charge in [-0.25, -0.2) is 0 Å². The summed E-state index contributed by atoms with van der Waals surface area (Å²) in [6.45, 7) is 1.80. The quantitative estimate of drug-likeness (QED) is 0.738. The smallest absolute Gasteiger partial charge is 0.252 e. The van der Waals surface area contributed by atoms with Gasteiger partial charge in [0.05, 0.1) is 6.61 Å². The first kappa shape index (κ1) is 15.0. The third-order valence-corrected chi connectivity index (χ3v) is 3.86. The minimum Gasteiger partial charge on any atom is -0.392 e. The number of benzene rings is 1. The van der Waals surface area contributed by atoms with Crippen LogP contribution in [0.4, 0.5) is 0 Å². The molecule has 1 aliphatic rings. The summed E-state index contributed by atoms with van der Waals surface area (Å²) in [5, 5.41) is 22.2. The molecule has 1 aliphatic heterocycles. The fourth-order valence-electron chi connectivity index (χ4n) is 2.40. The van der Waals surface area contributed by atoms with Crippen LogP contribution in [0, 0.1) is 0 Å². The van der Waals surface area contributed by atoms with Gasteiger partial charge in [-0.1, -0.05) is 24.3 Å². The number of aliphatic hydroxyl groups excluding tert-OH is 1. The summed E-state index contributed by atoms with van der Waals surface area (Å²) >= 11 is 0. The van der Waals surface area contributed by atoms with Crippen LogP contribution in [0.1, 0.15) is 24.0 Å². The van der Waals surface area contributed by atoms with Crippen molar-refractivity contribution in [1.29, 1.82) is 0 Å². The highest BCUT2D eigenvalue weighted by atomic mass is 16.3. The van der Waals surface area contributed by atoms with Gasteiger partial charge in [0.15, 0.2) is 0 Å². The van der Waals surface area contributed by atoms with Crippen molar-refractivity contribution >= 4 is 5.91 Å². The molecule has 1 aromatic rings. The number of hydrogen-bond acceptors (Lipinski definition) is 4. The van der Waals surface area contributed by atoms with Gasteiger partial charge in [0.2, 0.25) is 0 Å². The van der Waals surface area contributed by atoms with E-state index in [4.69, 9.17) is 5.11 Å². The molecule has 1 fully saturated rings. The fraction of sp³-hybridized carbons (Fsp3) is 0.533. The number of rotatable bonds is 4. The number of aliphatic hydroxyl groups is 2. The lowest BCUT2D eigenvalue weighted by molar-refractivity contribution is -0.144. The van der Waals surface area contributed by atoms with Crippen molar-refractivity contribution in [2.24, 2.45) is 0 Å². The van der Waals surface area contributed by atoms with Gasteiger partial charge in [0.1, 0.15) is 5.60 Å². The predicted molar refractivity (Wildman–Crippen MR) is 75.9 cm³/mol. The average Bonchev–Trinajstić information content (AvgIpc) is 2.48. The summed E-state index contributed by atoms with van der Waals surface area (Å²) in [6, 6.07) is 7.41. The molecule has 0 aromatic heterocycles. The second-order valence-corrected chi connectivity index (χ2v) is 5.50. The van der Waals surface area contributed by atoms with E-state index in [1.165, 1.54) is 0 Å². The molecule has 0 bridgehead atoms. The second-order valence-electron chi connectivity index (χ2n) is 5.50. The predicted octanol–water partition coefficient (Wildman–Crippen LogP) is 0.252. The normalized spacial score (nSPS) is 18.8. The molecule has 1 saturated heterocycles. The Bertz CT molecular complexity index is 468. The van der Waals surface area contributed by atoms with Crippen LogP contribution in [0.25, 0.3) is 0 Å². The third kappa shape index (κ3) is 3.56. The lowest BCUT2D eigenvalue weighted by Crippen LogP contribution is -2.52. The van der Waals surface area contributed by atoms with E-state index in [1.807, 2.05) is 31.3 Å². The number of carbonyl (C=O) groups excluding carboxylic acids is 1. The number of nitrogens with one attached hydrogen (secondary N) is 1. The molecule has 1 amide bonds. The van der Waals surface area contributed by atoms with E-state index >= 15 is 0 Å². The van der Waals surface area contributed by atoms with Crippen LogP contribution in [-0.4, -0.2) is 46.8 Å². The highest BCUT2D eigenvalue weighted by Gasteiger charge is 2.38. The molecule has 5 nitrogen and oxygen atoms in total. The first-order valence-electron chi connectivity index (χ1n) is 6.91. The van der Waals surface area contributed by atoms with Crippen molar-refractivity contribution < 1.29 is 15.0 Å². The Labute approximate surface area is 119 Å². The number of piperidine rings is 1. The maximum absolute atomic E-state index is 12.1. The zero-order valence-electron chi connectivity index (χ0n) is 11.8. The van der Waals surface area contributed by atoms with E-state index in [2.05, 4.69) is 10.2 Å². The van der Waals surface area contributed by atoms with E-state index in [9.17, 15) is 9.90 Å². The highest BCUT2D eigenvalue weighted by molar-refractivity contribution is 5.85. The van der Waals surface area contributed by atoms with Crippen LogP contribution in [-0.2, 0) is 17.9 Å². The van der Waals surface area contributed by atoms with Crippen molar-refractivity contribution in [3.8, 4) is 0 Å². The zero-order chi connectivity index (χ0) is 14.6. The van der Waals surface area contributed by atoms with Crippen LogP contribution in [0.2, 0.25) is 0 Å². The number of likely N-dealkylation sites (tertiary alicyclic amines) is 1. The van der Waals surface area contributed by atoms with Gasteiger partial charge in [-0.2, -0.15) is 0 Å². The molecule has 5 heteroatoms. The molecule has 110 valence electrons. The van der Waals surface area contributed by atoms with Crippen molar-refractivity contribution in [2.75, 3.05) is 20.1 Å². The summed E-state index contributed by atoms with van der Waals surface area (Å²) in [5.74, 6) is -0.306. The Hall–Kier alpha value is -1.43. The van der Waals surface area contributed by atoms with Crippen molar-refractivity contribution in [1.82, 2.24) is 10.2 Å². The minimum absolute atomic E-state index is 0.0158. The summed E-state index contributed by atoms with van der Waals surface area (Å²) in [5.41, 5.74) is 0.484. The lowest BCUT2D eigenvalue weighted by atomic mass is 9.90. The Morgan fingerprint density at radius 1 is 1.35 bits per heavy atom. The highest BCUT2D eigenvalue weighted by Crippen LogP contribution is 2.21. The second kappa shape index (κ2) is 6.35. The van der Waals surface area contributed by atoms with Crippen molar-refractivity contribution in [2.45, 2.75) is 31.6 Å². The largest absolute Gasteiger partial charge is 0.392 e. The minimum atomic E-state index is -1.25. The van der Waals surface area contributed by atoms with E-state index in [0.29, 0.717) is 19.4 Å². The molecule has 0 atom stereocenters. The van der Waals surface area contributed by atoms with Crippen LogP contribution < -0.4 is 5.32 Å². The molecule has 0 unspecified atom stereocenters. The first-order valence-corrected chi connectivity index (χ1v) is 6.91. The molecule has 0 radical (unpaired) electrons.